The van der Waals surface area contributed by atoms with Crippen LogP contribution in [0.15, 0.2) is 18.2 Å². The lowest BCUT2D eigenvalue weighted by Crippen LogP contribution is -2.17. The van der Waals surface area contributed by atoms with E-state index in [1.54, 1.807) is 0 Å². The van der Waals surface area contributed by atoms with Crippen molar-refractivity contribution in [3.63, 3.8) is 0 Å². The predicted molar refractivity (Wildman–Crippen MR) is 54.5 cm³/mol. The van der Waals surface area contributed by atoms with E-state index in [1.807, 2.05) is 32.0 Å². The smallest absolute Gasteiger partial charge is 0.228 e. The lowest BCUT2D eigenvalue weighted by Gasteiger charge is -2.11. The van der Waals surface area contributed by atoms with Crippen LogP contribution >= 0.6 is 0 Å². The number of fused-ring (bicyclic) bond motifs is 1. The molecule has 0 aliphatic carbocycles. The molecule has 1 N–H and O–H groups in total. The molecule has 0 bridgehead atoms. The summed E-state index contributed by atoms with van der Waals surface area (Å²) in [6, 6.07) is 5.77. The Balaban J connectivity index is 2.41. The number of rotatable bonds is 0. The Hall–Kier alpha value is -1.51. The number of anilines is 1. The van der Waals surface area contributed by atoms with E-state index in [9.17, 15) is 4.79 Å². The Labute approximate surface area is 83.1 Å². The van der Waals surface area contributed by atoms with E-state index in [4.69, 9.17) is 4.74 Å². The summed E-state index contributed by atoms with van der Waals surface area (Å²) in [7, 11) is 0. The third-order valence-electron chi connectivity index (χ3n) is 2.21. The van der Waals surface area contributed by atoms with E-state index in [0.717, 1.165) is 17.0 Å². The summed E-state index contributed by atoms with van der Waals surface area (Å²) in [4.78, 5) is 11.4. The van der Waals surface area contributed by atoms with Crippen LogP contribution in [0.1, 0.15) is 18.9 Å². The monoisotopic (exact) mass is 191 g/mol. The van der Waals surface area contributed by atoms with E-state index in [1.165, 1.54) is 0 Å². The summed E-state index contributed by atoms with van der Waals surface area (Å²) in [5.41, 5.74) is 1.90. The van der Waals surface area contributed by atoms with E-state index in [2.05, 4.69) is 5.32 Å². The predicted octanol–water partition coefficient (Wildman–Crippen LogP) is 2.10. The number of amides is 1. The lowest BCUT2D eigenvalue weighted by molar-refractivity contribution is -0.117. The molecule has 2 rings (SSSR count). The number of benzene rings is 1. The summed E-state index contributed by atoms with van der Waals surface area (Å²) in [5, 5.41) is 2.82. The first kappa shape index (κ1) is 9.06. The minimum absolute atomic E-state index is 0.0140. The van der Waals surface area contributed by atoms with Crippen LogP contribution in [0, 0.1) is 6.92 Å². The molecule has 0 saturated heterocycles. The molecule has 0 spiro atoms. The standard InChI is InChI=1S/C11H13NO2/c1-7-3-4-9-10(5-7)14-8(2)6-11(13)12-9/h3-5,8H,6H2,1-2H3,(H,12,13)/t8-/m1/s1. The molecule has 74 valence electrons. The third kappa shape index (κ3) is 1.71. The second kappa shape index (κ2) is 3.33. The first-order valence-corrected chi connectivity index (χ1v) is 4.72. The van der Waals surface area contributed by atoms with Gasteiger partial charge in [0, 0.05) is 0 Å². The van der Waals surface area contributed by atoms with Crippen LogP contribution in [0.2, 0.25) is 0 Å². The molecule has 0 saturated carbocycles. The van der Waals surface area contributed by atoms with Gasteiger partial charge in [-0.3, -0.25) is 4.79 Å². The molecule has 0 radical (unpaired) electrons. The van der Waals surface area contributed by atoms with E-state index < -0.39 is 0 Å². The number of hydrogen-bond donors (Lipinski definition) is 1. The van der Waals surface area contributed by atoms with E-state index in [0.29, 0.717) is 6.42 Å². The third-order valence-corrected chi connectivity index (χ3v) is 2.21. The van der Waals surface area contributed by atoms with E-state index in [-0.39, 0.29) is 12.0 Å². The highest BCUT2D eigenvalue weighted by molar-refractivity contribution is 5.93. The van der Waals surface area contributed by atoms with Gasteiger partial charge >= 0.3 is 0 Å². The zero-order valence-corrected chi connectivity index (χ0v) is 8.33. The second-order valence-electron chi connectivity index (χ2n) is 3.68. The average molecular weight is 191 g/mol. The molecule has 1 aromatic rings. The molecular formula is C11H13NO2. The highest BCUT2D eigenvalue weighted by atomic mass is 16.5. The first-order valence-electron chi connectivity index (χ1n) is 4.72. The maximum atomic E-state index is 11.4. The van der Waals surface area contributed by atoms with Crippen molar-refractivity contribution >= 4 is 11.6 Å². The molecule has 1 aliphatic rings. The van der Waals surface area contributed by atoms with Crippen LogP contribution in [0.25, 0.3) is 0 Å². The van der Waals surface area contributed by atoms with Crippen LogP contribution < -0.4 is 10.1 Å². The van der Waals surface area contributed by atoms with Gasteiger partial charge in [0.05, 0.1) is 12.1 Å². The van der Waals surface area contributed by atoms with Crippen LogP contribution in [-0.2, 0) is 4.79 Å². The number of hydrogen-bond acceptors (Lipinski definition) is 2. The Bertz CT molecular complexity index is 374. The van der Waals surface area contributed by atoms with Crippen molar-refractivity contribution in [1.82, 2.24) is 0 Å². The molecule has 1 amide bonds. The molecule has 1 atom stereocenters. The summed E-state index contributed by atoms with van der Waals surface area (Å²) >= 11 is 0. The van der Waals surface area contributed by atoms with Crippen LogP contribution in [-0.4, -0.2) is 12.0 Å². The molecule has 3 heteroatoms. The Morgan fingerprint density at radius 3 is 3.07 bits per heavy atom. The van der Waals surface area contributed by atoms with Gasteiger partial charge in [0.1, 0.15) is 11.9 Å². The van der Waals surface area contributed by atoms with Gasteiger partial charge in [0.2, 0.25) is 5.91 Å². The maximum Gasteiger partial charge on any atom is 0.228 e. The largest absolute Gasteiger partial charge is 0.488 e. The summed E-state index contributed by atoms with van der Waals surface area (Å²) in [6.07, 6.45) is 0.353. The molecule has 0 aromatic heterocycles. The number of carbonyl (C=O) groups is 1. The zero-order chi connectivity index (χ0) is 10.1. The summed E-state index contributed by atoms with van der Waals surface area (Å²) in [6.45, 7) is 3.90. The maximum absolute atomic E-state index is 11.4. The summed E-state index contributed by atoms with van der Waals surface area (Å²) < 4.78 is 5.62. The lowest BCUT2D eigenvalue weighted by atomic mass is 10.2. The normalized spacial score (nSPS) is 20.4. The van der Waals surface area contributed by atoms with Gasteiger partial charge < -0.3 is 10.1 Å². The Morgan fingerprint density at radius 1 is 1.50 bits per heavy atom. The van der Waals surface area contributed by atoms with Crippen molar-refractivity contribution in [2.45, 2.75) is 26.4 Å². The second-order valence-corrected chi connectivity index (χ2v) is 3.68. The summed E-state index contributed by atoms with van der Waals surface area (Å²) in [5.74, 6) is 0.781. The van der Waals surface area contributed by atoms with Crippen molar-refractivity contribution in [2.75, 3.05) is 5.32 Å². The number of ether oxygens (including phenoxy) is 1. The molecule has 0 fully saturated rings. The van der Waals surface area contributed by atoms with Crippen LogP contribution in [0.5, 0.6) is 5.75 Å². The van der Waals surface area contributed by atoms with Crippen molar-refractivity contribution in [3.8, 4) is 5.75 Å². The Morgan fingerprint density at radius 2 is 2.29 bits per heavy atom. The minimum Gasteiger partial charge on any atom is -0.488 e. The van der Waals surface area contributed by atoms with Gasteiger partial charge in [-0.1, -0.05) is 6.07 Å². The van der Waals surface area contributed by atoms with Gasteiger partial charge in [0.15, 0.2) is 0 Å². The fourth-order valence-corrected chi connectivity index (χ4v) is 1.55. The number of nitrogens with one attached hydrogen (secondary N) is 1. The quantitative estimate of drug-likeness (QED) is 0.682. The van der Waals surface area contributed by atoms with Crippen LogP contribution in [0.3, 0.4) is 0 Å². The van der Waals surface area contributed by atoms with Gasteiger partial charge in [-0.05, 0) is 31.5 Å². The van der Waals surface area contributed by atoms with Crippen molar-refractivity contribution in [2.24, 2.45) is 0 Å². The van der Waals surface area contributed by atoms with Gasteiger partial charge in [-0.25, -0.2) is 0 Å². The van der Waals surface area contributed by atoms with Gasteiger partial charge in [-0.15, -0.1) is 0 Å². The molecule has 1 heterocycles. The minimum atomic E-state index is -0.0574. The number of aryl methyl sites for hydroxylation is 1. The fraction of sp³-hybridized carbons (Fsp3) is 0.364. The molecule has 0 unspecified atom stereocenters. The fourth-order valence-electron chi connectivity index (χ4n) is 1.55. The van der Waals surface area contributed by atoms with Crippen molar-refractivity contribution < 1.29 is 9.53 Å². The van der Waals surface area contributed by atoms with Gasteiger partial charge in [0.25, 0.3) is 0 Å². The van der Waals surface area contributed by atoms with Gasteiger partial charge in [-0.2, -0.15) is 0 Å². The molecule has 1 aliphatic heterocycles. The number of carbonyl (C=O) groups excluding carboxylic acids is 1. The highest BCUT2D eigenvalue weighted by Gasteiger charge is 2.18. The molecule has 14 heavy (non-hydrogen) atoms. The highest BCUT2D eigenvalue weighted by Crippen LogP contribution is 2.29. The molecular weight excluding hydrogens is 178 g/mol. The SMILES string of the molecule is Cc1ccc2c(c1)O[C@H](C)CC(=O)N2. The van der Waals surface area contributed by atoms with Crippen LogP contribution in [0.4, 0.5) is 5.69 Å². The first-order chi connectivity index (χ1) is 6.65. The van der Waals surface area contributed by atoms with Crippen molar-refractivity contribution in [1.29, 1.82) is 0 Å². The topological polar surface area (TPSA) is 38.3 Å². The van der Waals surface area contributed by atoms with E-state index >= 15 is 0 Å². The molecule has 3 nitrogen and oxygen atoms in total. The average Bonchev–Trinajstić information content (AvgIpc) is 2.21. The Kier molecular flexibility index (Phi) is 2.15. The van der Waals surface area contributed by atoms with Crippen molar-refractivity contribution in [3.05, 3.63) is 23.8 Å². The molecule has 1 aromatic carbocycles. The zero-order valence-electron chi connectivity index (χ0n) is 8.33.